The minimum absolute atomic E-state index is 0.0247. The third kappa shape index (κ3) is 6.09. The Morgan fingerprint density at radius 2 is 1.65 bits per heavy atom. The van der Waals surface area contributed by atoms with Crippen LogP contribution in [0.2, 0.25) is 0 Å². The van der Waals surface area contributed by atoms with Gasteiger partial charge in [-0.1, -0.05) is 18.2 Å². The highest BCUT2D eigenvalue weighted by Gasteiger charge is 2.34. The second kappa shape index (κ2) is 9.67. The molecule has 2 aromatic rings. The molecule has 2 aromatic carbocycles. The van der Waals surface area contributed by atoms with E-state index in [0.717, 1.165) is 11.8 Å². The van der Waals surface area contributed by atoms with Crippen molar-refractivity contribution in [1.29, 1.82) is 0 Å². The first-order valence-electron chi connectivity index (χ1n) is 9.73. The monoisotopic (exact) mass is 438 g/mol. The summed E-state index contributed by atoms with van der Waals surface area (Å²) in [6.45, 7) is 2.56. The first kappa shape index (κ1) is 22.4. The van der Waals surface area contributed by atoms with Crippen LogP contribution in [0.1, 0.15) is 12.0 Å². The van der Waals surface area contributed by atoms with Gasteiger partial charge >= 0.3 is 12.2 Å². The first-order chi connectivity index (χ1) is 14.7. The van der Waals surface area contributed by atoms with E-state index in [-0.39, 0.29) is 24.6 Å². The summed E-state index contributed by atoms with van der Waals surface area (Å²) in [6, 6.07) is 11.3. The molecule has 1 heterocycles. The Balaban J connectivity index is 1.41. The summed E-state index contributed by atoms with van der Waals surface area (Å²) in [5.74, 6) is -1.54. The summed E-state index contributed by atoms with van der Waals surface area (Å²) >= 11 is 0. The zero-order valence-corrected chi connectivity index (χ0v) is 16.6. The van der Waals surface area contributed by atoms with Crippen LogP contribution >= 0.6 is 0 Å². The highest BCUT2D eigenvalue weighted by atomic mass is 19.4. The van der Waals surface area contributed by atoms with E-state index in [1.807, 2.05) is 30.3 Å². The predicted molar refractivity (Wildman–Crippen MR) is 108 cm³/mol. The predicted octanol–water partition coefficient (Wildman–Crippen LogP) is 3.70. The highest BCUT2D eigenvalue weighted by molar-refractivity contribution is 5.89. The van der Waals surface area contributed by atoms with Gasteiger partial charge in [0, 0.05) is 50.5 Å². The zero-order chi connectivity index (χ0) is 22.4. The quantitative estimate of drug-likeness (QED) is 0.700. The lowest BCUT2D eigenvalue weighted by molar-refractivity contribution is -0.140. The van der Waals surface area contributed by atoms with Crippen LogP contribution in [0.4, 0.5) is 33.7 Å². The first-order valence-corrected chi connectivity index (χ1v) is 9.73. The van der Waals surface area contributed by atoms with Gasteiger partial charge in [-0.05, 0) is 30.3 Å². The van der Waals surface area contributed by atoms with Crippen molar-refractivity contribution in [2.75, 3.05) is 42.9 Å². The Bertz CT molecular complexity index is 913. The molecule has 0 bridgehead atoms. The molecule has 0 aliphatic carbocycles. The van der Waals surface area contributed by atoms with Crippen molar-refractivity contribution in [3.8, 4) is 0 Å². The van der Waals surface area contributed by atoms with E-state index in [2.05, 4.69) is 15.5 Å². The van der Waals surface area contributed by atoms with Gasteiger partial charge < -0.3 is 20.4 Å². The number of amides is 3. The van der Waals surface area contributed by atoms with Gasteiger partial charge in [0.15, 0.2) is 0 Å². The van der Waals surface area contributed by atoms with Gasteiger partial charge in [0.25, 0.3) is 0 Å². The van der Waals surface area contributed by atoms with Crippen molar-refractivity contribution in [3.63, 3.8) is 0 Å². The lowest BCUT2D eigenvalue weighted by Crippen LogP contribution is -2.49. The maximum Gasteiger partial charge on any atom is 0.419 e. The van der Waals surface area contributed by atoms with Crippen LogP contribution in [0.25, 0.3) is 0 Å². The second-order valence-electron chi connectivity index (χ2n) is 7.03. The SMILES string of the molecule is O=C(NCCC(=O)N1CCN(c2ccccc2)CC1)Nc1ccc(F)c(C(F)(F)F)c1. The van der Waals surface area contributed by atoms with Crippen molar-refractivity contribution < 1.29 is 27.2 Å². The van der Waals surface area contributed by atoms with Gasteiger partial charge in [0.1, 0.15) is 5.82 Å². The number of carbonyl (C=O) groups is 2. The second-order valence-corrected chi connectivity index (χ2v) is 7.03. The van der Waals surface area contributed by atoms with E-state index in [1.165, 1.54) is 0 Å². The van der Waals surface area contributed by atoms with Crippen molar-refractivity contribution in [2.45, 2.75) is 12.6 Å². The smallest absolute Gasteiger partial charge is 0.368 e. The number of carbonyl (C=O) groups excluding carboxylic acids is 2. The fourth-order valence-electron chi connectivity index (χ4n) is 3.29. The minimum Gasteiger partial charge on any atom is -0.368 e. The lowest BCUT2D eigenvalue weighted by Gasteiger charge is -2.36. The molecule has 0 spiro atoms. The van der Waals surface area contributed by atoms with Crippen LogP contribution in [0, 0.1) is 5.82 Å². The molecule has 3 rings (SSSR count). The number of benzene rings is 2. The standard InChI is InChI=1S/C21H22F4N4O2/c22-18-7-6-15(14-17(18)21(23,24)25)27-20(31)26-9-8-19(30)29-12-10-28(11-13-29)16-4-2-1-3-5-16/h1-7,14H,8-13H2,(H2,26,27,31). The van der Waals surface area contributed by atoms with Gasteiger partial charge in [0.05, 0.1) is 5.56 Å². The number of urea groups is 1. The van der Waals surface area contributed by atoms with E-state index < -0.39 is 23.6 Å². The average Bonchev–Trinajstić information content (AvgIpc) is 2.75. The van der Waals surface area contributed by atoms with Crippen LogP contribution in [-0.4, -0.2) is 49.6 Å². The Labute approximate surface area is 176 Å². The van der Waals surface area contributed by atoms with E-state index in [4.69, 9.17) is 0 Å². The van der Waals surface area contributed by atoms with Crippen molar-refractivity contribution in [1.82, 2.24) is 10.2 Å². The lowest BCUT2D eigenvalue weighted by atomic mass is 10.2. The average molecular weight is 438 g/mol. The molecule has 0 atom stereocenters. The van der Waals surface area contributed by atoms with E-state index in [9.17, 15) is 27.2 Å². The molecule has 1 saturated heterocycles. The Kier molecular flexibility index (Phi) is 6.98. The number of para-hydroxylation sites is 1. The van der Waals surface area contributed by atoms with Crippen molar-refractivity contribution in [3.05, 3.63) is 59.9 Å². The van der Waals surface area contributed by atoms with E-state index >= 15 is 0 Å². The van der Waals surface area contributed by atoms with E-state index in [1.54, 1.807) is 4.90 Å². The molecule has 0 aromatic heterocycles. The van der Waals surface area contributed by atoms with Crippen molar-refractivity contribution >= 4 is 23.3 Å². The molecule has 31 heavy (non-hydrogen) atoms. The molecular formula is C21H22F4N4O2. The molecule has 3 amide bonds. The van der Waals surface area contributed by atoms with Gasteiger partial charge in [-0.2, -0.15) is 13.2 Å². The molecule has 1 aliphatic rings. The van der Waals surface area contributed by atoms with Crippen LogP contribution < -0.4 is 15.5 Å². The van der Waals surface area contributed by atoms with Crippen LogP contribution in [0.5, 0.6) is 0 Å². The number of hydrogen-bond donors (Lipinski definition) is 2. The Morgan fingerprint density at radius 3 is 2.29 bits per heavy atom. The summed E-state index contributed by atoms with van der Waals surface area (Å²) in [5.41, 5.74) is -0.563. The fourth-order valence-corrected chi connectivity index (χ4v) is 3.29. The van der Waals surface area contributed by atoms with Crippen LogP contribution in [0.3, 0.4) is 0 Å². The van der Waals surface area contributed by atoms with Gasteiger partial charge in [-0.25, -0.2) is 9.18 Å². The topological polar surface area (TPSA) is 64.7 Å². The number of anilines is 2. The molecule has 1 fully saturated rings. The molecule has 6 nitrogen and oxygen atoms in total. The number of hydrogen-bond acceptors (Lipinski definition) is 3. The molecule has 166 valence electrons. The normalized spacial score (nSPS) is 14.3. The van der Waals surface area contributed by atoms with E-state index in [0.29, 0.717) is 38.3 Å². The van der Waals surface area contributed by atoms with Crippen LogP contribution in [0.15, 0.2) is 48.5 Å². The summed E-state index contributed by atoms with van der Waals surface area (Å²) in [4.78, 5) is 28.1. The number of halogens is 4. The summed E-state index contributed by atoms with van der Waals surface area (Å²) < 4.78 is 51.5. The zero-order valence-electron chi connectivity index (χ0n) is 16.6. The maximum absolute atomic E-state index is 13.3. The summed E-state index contributed by atoms with van der Waals surface area (Å²) in [5, 5.41) is 4.64. The largest absolute Gasteiger partial charge is 0.419 e. The van der Waals surface area contributed by atoms with Gasteiger partial charge in [0.2, 0.25) is 5.91 Å². The molecule has 1 aliphatic heterocycles. The number of alkyl halides is 3. The molecule has 0 saturated carbocycles. The minimum atomic E-state index is -4.87. The molecule has 2 N–H and O–H groups in total. The Hall–Kier alpha value is -3.30. The summed E-state index contributed by atoms with van der Waals surface area (Å²) in [6.07, 6.45) is -4.80. The number of rotatable bonds is 5. The molecular weight excluding hydrogens is 416 g/mol. The maximum atomic E-state index is 13.3. The third-order valence-electron chi connectivity index (χ3n) is 4.91. The highest BCUT2D eigenvalue weighted by Crippen LogP contribution is 2.32. The van der Waals surface area contributed by atoms with Crippen LogP contribution in [-0.2, 0) is 11.0 Å². The fraction of sp³-hybridized carbons (Fsp3) is 0.333. The molecule has 10 heteroatoms. The molecule has 0 radical (unpaired) electrons. The number of nitrogens with one attached hydrogen (secondary N) is 2. The van der Waals surface area contributed by atoms with Crippen molar-refractivity contribution in [2.24, 2.45) is 0 Å². The molecule has 0 unspecified atom stereocenters. The van der Waals surface area contributed by atoms with Gasteiger partial charge in [-0.15, -0.1) is 0 Å². The van der Waals surface area contributed by atoms with Gasteiger partial charge in [-0.3, -0.25) is 4.79 Å². The number of nitrogens with zero attached hydrogens (tertiary/aromatic N) is 2. The Morgan fingerprint density at radius 1 is 0.968 bits per heavy atom. The number of piperazine rings is 1. The third-order valence-corrected chi connectivity index (χ3v) is 4.91. The summed E-state index contributed by atoms with van der Waals surface area (Å²) in [7, 11) is 0.